The minimum absolute atomic E-state index is 0.246. The molecular weight excluding hydrogens is 326 g/mol. The van der Waals surface area contributed by atoms with Crippen molar-refractivity contribution >= 4 is 24.7 Å². The van der Waals surface area contributed by atoms with Crippen LogP contribution in [0.15, 0.2) is 29.4 Å². The molecule has 1 aromatic rings. The third kappa shape index (κ3) is 7.96. The molecule has 1 rings (SSSR count). The molecule has 0 spiro atoms. The number of esters is 1. The Kier molecular flexibility index (Phi) is 7.58. The molecule has 0 bridgehead atoms. The molecule has 1 unspecified atom stereocenters. The highest BCUT2D eigenvalue weighted by molar-refractivity contribution is 5.82. The van der Waals surface area contributed by atoms with Crippen LogP contribution in [0.25, 0.3) is 0 Å². The maximum atomic E-state index is 11.9. The third-order valence-corrected chi connectivity index (χ3v) is 2.94. The number of amides is 2. The molecule has 2 N–H and O–H groups in total. The zero-order valence-corrected chi connectivity index (χ0v) is 14.7. The average Bonchev–Trinajstić information content (AvgIpc) is 2.53. The fourth-order valence-electron chi connectivity index (χ4n) is 1.90. The molecule has 8 heteroatoms. The number of ether oxygens (including phenoxy) is 2. The quantitative estimate of drug-likeness (QED) is 0.335. The number of nitrogens with one attached hydrogen (secondary N) is 2. The summed E-state index contributed by atoms with van der Waals surface area (Å²) < 4.78 is 9.90. The summed E-state index contributed by atoms with van der Waals surface area (Å²) in [4.78, 5) is 33.9. The number of carbonyl (C=O) groups excluding carboxylic acids is 3. The maximum absolute atomic E-state index is 11.9. The summed E-state index contributed by atoms with van der Waals surface area (Å²) in [7, 11) is 1.26. The molecule has 1 aromatic carbocycles. The van der Waals surface area contributed by atoms with Gasteiger partial charge in [-0.05, 0) is 31.9 Å². The van der Waals surface area contributed by atoms with Crippen molar-refractivity contribution in [2.45, 2.75) is 38.8 Å². The van der Waals surface area contributed by atoms with Crippen molar-refractivity contribution in [3.8, 4) is 0 Å². The first-order chi connectivity index (χ1) is 11.7. The van der Waals surface area contributed by atoms with Crippen molar-refractivity contribution in [1.29, 1.82) is 0 Å². The van der Waals surface area contributed by atoms with Gasteiger partial charge >= 0.3 is 12.1 Å². The van der Waals surface area contributed by atoms with Gasteiger partial charge in [-0.15, -0.1) is 0 Å². The Labute approximate surface area is 146 Å². The molecule has 0 saturated heterocycles. The van der Waals surface area contributed by atoms with Crippen LogP contribution in [0.4, 0.5) is 4.79 Å². The second kappa shape index (κ2) is 9.41. The molecule has 0 fully saturated rings. The number of hydrogen-bond donors (Lipinski definition) is 2. The van der Waals surface area contributed by atoms with Crippen LogP contribution < -0.4 is 10.7 Å². The SMILES string of the molecule is COC(=O)C(Cc1ccc(/C=N/NC=O)cc1)NC(=O)OC(C)(C)C. The summed E-state index contributed by atoms with van der Waals surface area (Å²) in [5, 5.41) is 6.19. The molecule has 136 valence electrons. The van der Waals surface area contributed by atoms with E-state index in [0.29, 0.717) is 6.41 Å². The van der Waals surface area contributed by atoms with Crippen LogP contribution >= 0.6 is 0 Å². The monoisotopic (exact) mass is 349 g/mol. The molecule has 0 aliphatic heterocycles. The summed E-state index contributed by atoms with van der Waals surface area (Å²) in [6.07, 6.45) is 1.51. The topological polar surface area (TPSA) is 106 Å². The summed E-state index contributed by atoms with van der Waals surface area (Å²) in [6.45, 7) is 5.21. The van der Waals surface area contributed by atoms with Crippen molar-refractivity contribution in [2.24, 2.45) is 5.10 Å². The van der Waals surface area contributed by atoms with Crippen molar-refractivity contribution in [2.75, 3.05) is 7.11 Å². The normalized spacial score (nSPS) is 12.3. The van der Waals surface area contributed by atoms with Crippen LogP contribution in [0.1, 0.15) is 31.9 Å². The Balaban J connectivity index is 2.76. The van der Waals surface area contributed by atoms with E-state index >= 15 is 0 Å². The smallest absolute Gasteiger partial charge is 0.408 e. The Morgan fingerprint density at radius 3 is 2.40 bits per heavy atom. The van der Waals surface area contributed by atoms with Gasteiger partial charge in [0.25, 0.3) is 0 Å². The summed E-state index contributed by atoms with van der Waals surface area (Å²) in [5.74, 6) is -0.563. The molecule has 0 aliphatic carbocycles. The standard InChI is InChI=1S/C17H23N3O5/c1-17(2,3)25-16(23)20-14(15(22)24-4)9-12-5-7-13(8-6-12)10-18-19-11-21/h5-8,10-11,14H,9H2,1-4H3,(H,19,21)(H,20,23)/b18-10+. The van der Waals surface area contributed by atoms with Gasteiger partial charge in [0.15, 0.2) is 0 Å². The minimum atomic E-state index is -0.865. The molecular formula is C17H23N3O5. The van der Waals surface area contributed by atoms with E-state index < -0.39 is 23.7 Å². The van der Waals surface area contributed by atoms with E-state index in [2.05, 4.69) is 15.8 Å². The van der Waals surface area contributed by atoms with E-state index in [-0.39, 0.29) is 6.42 Å². The zero-order chi connectivity index (χ0) is 18.9. The van der Waals surface area contributed by atoms with Crippen LogP contribution in [0.3, 0.4) is 0 Å². The van der Waals surface area contributed by atoms with Gasteiger partial charge in [0.2, 0.25) is 6.41 Å². The predicted octanol–water partition coefficient (Wildman–Crippen LogP) is 1.38. The van der Waals surface area contributed by atoms with Crippen LogP contribution in [-0.2, 0) is 25.5 Å². The average molecular weight is 349 g/mol. The van der Waals surface area contributed by atoms with Crippen LogP contribution in [-0.4, -0.2) is 43.4 Å². The van der Waals surface area contributed by atoms with Gasteiger partial charge in [-0.1, -0.05) is 24.3 Å². The van der Waals surface area contributed by atoms with E-state index in [4.69, 9.17) is 9.47 Å². The fraction of sp³-hybridized carbons (Fsp3) is 0.412. The van der Waals surface area contributed by atoms with Crippen molar-refractivity contribution in [3.05, 3.63) is 35.4 Å². The summed E-state index contributed by atoms with van der Waals surface area (Å²) >= 11 is 0. The highest BCUT2D eigenvalue weighted by Gasteiger charge is 2.25. The Hall–Kier alpha value is -2.90. The van der Waals surface area contributed by atoms with E-state index in [9.17, 15) is 14.4 Å². The minimum Gasteiger partial charge on any atom is -0.467 e. The third-order valence-electron chi connectivity index (χ3n) is 2.94. The second-order valence-electron chi connectivity index (χ2n) is 6.17. The lowest BCUT2D eigenvalue weighted by Crippen LogP contribution is -2.45. The lowest BCUT2D eigenvalue weighted by Gasteiger charge is -2.22. The van der Waals surface area contributed by atoms with Crippen molar-refractivity contribution in [1.82, 2.24) is 10.7 Å². The fourth-order valence-corrected chi connectivity index (χ4v) is 1.90. The van der Waals surface area contributed by atoms with Crippen LogP contribution in [0, 0.1) is 0 Å². The molecule has 25 heavy (non-hydrogen) atoms. The van der Waals surface area contributed by atoms with Crippen LogP contribution in [0.2, 0.25) is 0 Å². The lowest BCUT2D eigenvalue weighted by molar-refractivity contribution is -0.143. The van der Waals surface area contributed by atoms with Crippen LogP contribution in [0.5, 0.6) is 0 Å². The van der Waals surface area contributed by atoms with Crippen molar-refractivity contribution < 1.29 is 23.9 Å². The van der Waals surface area contributed by atoms with E-state index in [1.807, 2.05) is 0 Å². The maximum Gasteiger partial charge on any atom is 0.408 e. The van der Waals surface area contributed by atoms with Gasteiger partial charge in [0.1, 0.15) is 11.6 Å². The summed E-state index contributed by atoms with van der Waals surface area (Å²) in [6, 6.07) is 6.25. The molecule has 0 heterocycles. The zero-order valence-electron chi connectivity index (χ0n) is 14.7. The number of methoxy groups -OCH3 is 1. The first-order valence-corrected chi connectivity index (χ1v) is 7.63. The van der Waals surface area contributed by atoms with Gasteiger partial charge in [-0.2, -0.15) is 5.10 Å². The van der Waals surface area contributed by atoms with E-state index in [1.54, 1.807) is 45.0 Å². The van der Waals surface area contributed by atoms with Crippen molar-refractivity contribution in [3.63, 3.8) is 0 Å². The number of alkyl carbamates (subject to hydrolysis) is 1. The predicted molar refractivity (Wildman–Crippen MR) is 92.1 cm³/mol. The number of nitrogens with zero attached hydrogens (tertiary/aromatic N) is 1. The second-order valence-corrected chi connectivity index (χ2v) is 6.17. The molecule has 8 nitrogen and oxygen atoms in total. The molecule has 0 aliphatic rings. The number of hydrazone groups is 1. The number of hydrogen-bond acceptors (Lipinski definition) is 6. The molecule has 0 radical (unpaired) electrons. The largest absolute Gasteiger partial charge is 0.467 e. The molecule has 1 atom stereocenters. The van der Waals surface area contributed by atoms with E-state index in [1.165, 1.54) is 13.3 Å². The van der Waals surface area contributed by atoms with Gasteiger partial charge in [-0.3, -0.25) is 4.79 Å². The number of carbonyl (C=O) groups is 3. The highest BCUT2D eigenvalue weighted by atomic mass is 16.6. The Morgan fingerprint density at radius 1 is 1.24 bits per heavy atom. The number of benzene rings is 1. The molecule has 2 amide bonds. The van der Waals surface area contributed by atoms with E-state index in [0.717, 1.165) is 11.1 Å². The first-order valence-electron chi connectivity index (χ1n) is 7.63. The molecule has 0 saturated carbocycles. The highest BCUT2D eigenvalue weighted by Crippen LogP contribution is 2.10. The Morgan fingerprint density at radius 2 is 1.88 bits per heavy atom. The van der Waals surface area contributed by atoms with Gasteiger partial charge < -0.3 is 14.8 Å². The Bertz CT molecular complexity index is 620. The first kappa shape index (κ1) is 20.1. The van der Waals surface area contributed by atoms with Gasteiger partial charge in [0.05, 0.1) is 13.3 Å². The van der Waals surface area contributed by atoms with Gasteiger partial charge in [-0.25, -0.2) is 15.0 Å². The lowest BCUT2D eigenvalue weighted by atomic mass is 10.0. The van der Waals surface area contributed by atoms with Gasteiger partial charge in [0, 0.05) is 6.42 Å². The molecule has 0 aromatic heterocycles. The number of rotatable bonds is 7. The summed E-state index contributed by atoms with van der Waals surface area (Å²) in [5.41, 5.74) is 3.09.